The van der Waals surface area contributed by atoms with Crippen LogP contribution in [-0.2, 0) is 10.0 Å². The molecule has 5 nitrogen and oxygen atoms in total. The molecule has 0 aliphatic heterocycles. The molecule has 6 heteroatoms. The Morgan fingerprint density at radius 3 is 2.48 bits per heavy atom. The molecule has 0 radical (unpaired) electrons. The number of benzene rings is 1. The van der Waals surface area contributed by atoms with Gasteiger partial charge >= 0.3 is 0 Å². The topological polar surface area (TPSA) is 79.3 Å². The van der Waals surface area contributed by atoms with E-state index in [9.17, 15) is 13.5 Å². The second kappa shape index (κ2) is 6.34. The minimum Gasteiger partial charge on any atom is -0.389 e. The second-order valence-corrected chi connectivity index (χ2v) is 6.59. The van der Waals surface area contributed by atoms with Crippen LogP contribution in [-0.4, -0.2) is 18.5 Å². The normalized spacial score (nSPS) is 14.6. The average Bonchev–Trinajstić information content (AvgIpc) is 2.48. The molecule has 2 rings (SSSR count). The van der Waals surface area contributed by atoms with Crippen molar-refractivity contribution < 1.29 is 13.5 Å². The van der Waals surface area contributed by atoms with Crippen LogP contribution in [0.1, 0.15) is 37.1 Å². The van der Waals surface area contributed by atoms with Crippen LogP contribution in [0.3, 0.4) is 0 Å². The Morgan fingerprint density at radius 2 is 1.86 bits per heavy atom. The van der Waals surface area contributed by atoms with Gasteiger partial charge in [-0.25, -0.2) is 13.1 Å². The van der Waals surface area contributed by atoms with E-state index in [4.69, 9.17) is 0 Å². The Bertz CT molecular complexity index is 700. The zero-order chi connectivity index (χ0) is 15.5. The Labute approximate surface area is 124 Å². The van der Waals surface area contributed by atoms with Gasteiger partial charge in [0.15, 0.2) is 0 Å². The first kappa shape index (κ1) is 15.6. The van der Waals surface area contributed by atoms with Crippen molar-refractivity contribution in [2.24, 2.45) is 0 Å². The van der Waals surface area contributed by atoms with Crippen LogP contribution in [0.15, 0.2) is 53.7 Å². The number of aliphatic hydroxyl groups excluding tert-OH is 1. The molecule has 0 aliphatic rings. The smallest absolute Gasteiger partial charge is 0.241 e. The first-order valence-corrected chi connectivity index (χ1v) is 8.09. The third kappa shape index (κ3) is 3.87. The number of nitrogens with zero attached hydrogens (tertiary/aromatic N) is 1. The van der Waals surface area contributed by atoms with Crippen molar-refractivity contribution in [3.8, 4) is 0 Å². The van der Waals surface area contributed by atoms with Gasteiger partial charge in [0, 0.05) is 18.4 Å². The molecule has 2 aromatic rings. The molecule has 0 amide bonds. The van der Waals surface area contributed by atoms with E-state index in [0.29, 0.717) is 5.56 Å². The van der Waals surface area contributed by atoms with E-state index in [-0.39, 0.29) is 10.9 Å². The summed E-state index contributed by atoms with van der Waals surface area (Å²) in [6.07, 6.45) is 2.55. The van der Waals surface area contributed by atoms with Gasteiger partial charge in [0.1, 0.15) is 0 Å². The fourth-order valence-corrected chi connectivity index (χ4v) is 3.23. The van der Waals surface area contributed by atoms with E-state index < -0.39 is 16.1 Å². The average molecular weight is 306 g/mol. The third-order valence-electron chi connectivity index (χ3n) is 3.17. The van der Waals surface area contributed by atoms with E-state index in [1.807, 2.05) is 6.07 Å². The molecular formula is C15H18N2O3S. The van der Waals surface area contributed by atoms with Gasteiger partial charge in [-0.2, -0.15) is 0 Å². The molecule has 1 aromatic heterocycles. The summed E-state index contributed by atoms with van der Waals surface area (Å²) in [5.41, 5.74) is 1.35. The maximum absolute atomic E-state index is 12.4. The van der Waals surface area contributed by atoms with Gasteiger partial charge in [-0.05, 0) is 43.2 Å². The molecule has 0 fully saturated rings. The summed E-state index contributed by atoms with van der Waals surface area (Å²) < 4.78 is 27.4. The zero-order valence-corrected chi connectivity index (χ0v) is 12.7. The standard InChI is InChI=1S/C15H18N2O3S/c1-11(14-6-4-8-16-10-14)17-21(19,20)15-7-3-5-13(9-15)12(2)18/h3-12,17-18H,1-2H3. The highest BCUT2D eigenvalue weighted by Gasteiger charge is 2.19. The maximum Gasteiger partial charge on any atom is 0.241 e. The SMILES string of the molecule is CC(O)c1cccc(S(=O)(=O)NC(C)c2cccnc2)c1. The Kier molecular flexibility index (Phi) is 4.72. The molecular weight excluding hydrogens is 288 g/mol. The lowest BCUT2D eigenvalue weighted by Crippen LogP contribution is -2.27. The second-order valence-electron chi connectivity index (χ2n) is 4.88. The summed E-state index contributed by atoms with van der Waals surface area (Å²) in [7, 11) is -3.65. The van der Waals surface area contributed by atoms with Crippen LogP contribution in [0.5, 0.6) is 0 Å². The van der Waals surface area contributed by atoms with Crippen molar-refractivity contribution in [1.82, 2.24) is 9.71 Å². The molecule has 0 bridgehead atoms. The zero-order valence-electron chi connectivity index (χ0n) is 11.9. The molecule has 1 aromatic carbocycles. The molecule has 0 spiro atoms. The van der Waals surface area contributed by atoms with Gasteiger partial charge in [-0.15, -0.1) is 0 Å². The molecule has 112 valence electrons. The Balaban J connectivity index is 2.24. The van der Waals surface area contributed by atoms with Crippen molar-refractivity contribution in [3.63, 3.8) is 0 Å². The largest absolute Gasteiger partial charge is 0.389 e. The van der Waals surface area contributed by atoms with Crippen LogP contribution >= 0.6 is 0 Å². The van der Waals surface area contributed by atoms with E-state index in [2.05, 4.69) is 9.71 Å². The van der Waals surface area contributed by atoms with Gasteiger partial charge < -0.3 is 5.11 Å². The van der Waals surface area contributed by atoms with Gasteiger partial charge in [0.2, 0.25) is 10.0 Å². The number of nitrogens with one attached hydrogen (secondary N) is 1. The van der Waals surface area contributed by atoms with Crippen molar-refractivity contribution in [2.45, 2.75) is 30.9 Å². The van der Waals surface area contributed by atoms with Gasteiger partial charge in [0.05, 0.1) is 11.0 Å². The number of aliphatic hydroxyl groups is 1. The fourth-order valence-electron chi connectivity index (χ4n) is 1.94. The summed E-state index contributed by atoms with van der Waals surface area (Å²) in [5, 5.41) is 9.55. The van der Waals surface area contributed by atoms with Gasteiger partial charge in [-0.3, -0.25) is 4.98 Å². The summed E-state index contributed by atoms with van der Waals surface area (Å²) in [6.45, 7) is 3.35. The van der Waals surface area contributed by atoms with Crippen LogP contribution in [0.2, 0.25) is 0 Å². The first-order chi connectivity index (χ1) is 9.90. The number of hydrogen-bond donors (Lipinski definition) is 2. The highest BCUT2D eigenvalue weighted by atomic mass is 32.2. The lowest BCUT2D eigenvalue weighted by molar-refractivity contribution is 0.199. The Hall–Kier alpha value is -1.76. The third-order valence-corrected chi connectivity index (χ3v) is 4.71. The predicted octanol–water partition coefficient (Wildman–Crippen LogP) is 2.17. The maximum atomic E-state index is 12.4. The number of sulfonamides is 1. The molecule has 0 saturated carbocycles. The first-order valence-electron chi connectivity index (χ1n) is 6.60. The molecule has 21 heavy (non-hydrogen) atoms. The number of hydrogen-bond acceptors (Lipinski definition) is 4. The van der Waals surface area contributed by atoms with Crippen molar-refractivity contribution in [1.29, 1.82) is 0 Å². The number of aromatic nitrogens is 1. The number of pyridine rings is 1. The molecule has 0 aliphatic carbocycles. The van der Waals surface area contributed by atoms with Gasteiger partial charge in [-0.1, -0.05) is 18.2 Å². The molecule has 2 unspecified atom stereocenters. The van der Waals surface area contributed by atoms with E-state index >= 15 is 0 Å². The molecule has 0 saturated heterocycles. The summed E-state index contributed by atoms with van der Waals surface area (Å²) in [6, 6.07) is 9.46. The quantitative estimate of drug-likeness (QED) is 0.887. The van der Waals surface area contributed by atoms with E-state index in [1.54, 1.807) is 44.4 Å². The lowest BCUT2D eigenvalue weighted by Gasteiger charge is -2.15. The molecule has 2 atom stereocenters. The Morgan fingerprint density at radius 1 is 1.14 bits per heavy atom. The van der Waals surface area contributed by atoms with Crippen LogP contribution < -0.4 is 4.72 Å². The summed E-state index contributed by atoms with van der Waals surface area (Å²) in [5.74, 6) is 0. The fraction of sp³-hybridized carbons (Fsp3) is 0.267. The van der Waals surface area contributed by atoms with Gasteiger partial charge in [0.25, 0.3) is 0 Å². The minimum absolute atomic E-state index is 0.136. The van der Waals surface area contributed by atoms with Crippen LogP contribution in [0.4, 0.5) is 0 Å². The van der Waals surface area contributed by atoms with Crippen molar-refractivity contribution in [3.05, 3.63) is 59.9 Å². The van der Waals surface area contributed by atoms with E-state index in [0.717, 1.165) is 5.56 Å². The predicted molar refractivity (Wildman–Crippen MR) is 80.0 cm³/mol. The highest BCUT2D eigenvalue weighted by Crippen LogP contribution is 2.19. The lowest BCUT2D eigenvalue weighted by atomic mass is 10.1. The minimum atomic E-state index is -3.65. The molecule has 1 heterocycles. The van der Waals surface area contributed by atoms with Crippen LogP contribution in [0, 0.1) is 0 Å². The van der Waals surface area contributed by atoms with Crippen molar-refractivity contribution in [2.75, 3.05) is 0 Å². The molecule has 2 N–H and O–H groups in total. The number of rotatable bonds is 5. The van der Waals surface area contributed by atoms with Crippen molar-refractivity contribution >= 4 is 10.0 Å². The monoisotopic (exact) mass is 306 g/mol. The van der Waals surface area contributed by atoms with E-state index in [1.165, 1.54) is 12.1 Å². The van der Waals surface area contributed by atoms with Crippen LogP contribution in [0.25, 0.3) is 0 Å². The summed E-state index contributed by atoms with van der Waals surface area (Å²) >= 11 is 0. The summed E-state index contributed by atoms with van der Waals surface area (Å²) in [4.78, 5) is 4.11. The highest BCUT2D eigenvalue weighted by molar-refractivity contribution is 7.89.